The number of nitro benzene ring substituents is 1. The van der Waals surface area contributed by atoms with Crippen LogP contribution in [0.3, 0.4) is 0 Å². The molecular formula is C14H13F3N4O5. The van der Waals surface area contributed by atoms with Gasteiger partial charge in [0.2, 0.25) is 0 Å². The summed E-state index contributed by atoms with van der Waals surface area (Å²) in [5.41, 5.74) is -0.195. The lowest BCUT2D eigenvalue weighted by Gasteiger charge is -2.07. The van der Waals surface area contributed by atoms with E-state index in [1.54, 1.807) is 0 Å². The van der Waals surface area contributed by atoms with Crippen molar-refractivity contribution in [2.45, 2.75) is 12.9 Å². The average molecular weight is 374 g/mol. The molecule has 0 saturated heterocycles. The third kappa shape index (κ3) is 5.17. The van der Waals surface area contributed by atoms with Crippen LogP contribution in [-0.2, 0) is 11.5 Å². The molecule has 1 aromatic carbocycles. The van der Waals surface area contributed by atoms with E-state index in [1.807, 2.05) is 0 Å². The molecule has 0 saturated carbocycles. The van der Waals surface area contributed by atoms with E-state index in [0.29, 0.717) is 0 Å². The number of carbonyl (C=O) groups is 1. The minimum Gasteiger partial charge on any atom is -0.490 e. The quantitative estimate of drug-likeness (QED) is 0.589. The highest BCUT2D eigenvalue weighted by Gasteiger charge is 2.27. The first-order valence-corrected chi connectivity index (χ1v) is 7.00. The van der Waals surface area contributed by atoms with E-state index < -0.39 is 30.3 Å². The average Bonchev–Trinajstić information content (AvgIpc) is 3.00. The molecule has 0 radical (unpaired) electrons. The number of nitro groups is 1. The van der Waals surface area contributed by atoms with E-state index in [1.165, 1.54) is 31.6 Å². The summed E-state index contributed by atoms with van der Waals surface area (Å²) in [6.45, 7) is -1.88. The number of hydrogen-bond donors (Lipinski definition) is 1. The number of ether oxygens (including phenoxy) is 2. The van der Waals surface area contributed by atoms with Crippen molar-refractivity contribution in [3.8, 4) is 5.75 Å². The maximum absolute atomic E-state index is 12.2. The summed E-state index contributed by atoms with van der Waals surface area (Å²) in [6.07, 6.45) is -1.99. The number of nitrogens with zero attached hydrogens (tertiary/aromatic N) is 3. The zero-order chi connectivity index (χ0) is 19.3. The van der Waals surface area contributed by atoms with Crippen LogP contribution in [0.4, 0.5) is 24.5 Å². The Labute approximate surface area is 144 Å². The number of alkyl halides is 3. The van der Waals surface area contributed by atoms with E-state index in [4.69, 9.17) is 4.74 Å². The molecule has 0 unspecified atom stereocenters. The van der Waals surface area contributed by atoms with Gasteiger partial charge in [-0.25, -0.2) is 4.68 Å². The van der Waals surface area contributed by atoms with Gasteiger partial charge in [-0.05, 0) is 12.1 Å². The van der Waals surface area contributed by atoms with E-state index >= 15 is 0 Å². The fourth-order valence-corrected chi connectivity index (χ4v) is 1.93. The van der Waals surface area contributed by atoms with E-state index in [2.05, 4.69) is 15.2 Å². The van der Waals surface area contributed by atoms with Crippen LogP contribution in [0.5, 0.6) is 5.75 Å². The third-order valence-electron chi connectivity index (χ3n) is 3.02. The molecule has 2 rings (SSSR count). The Morgan fingerprint density at radius 2 is 2.15 bits per heavy atom. The number of nitrogens with one attached hydrogen (secondary N) is 1. The van der Waals surface area contributed by atoms with Crippen molar-refractivity contribution in [2.24, 2.45) is 0 Å². The van der Waals surface area contributed by atoms with Gasteiger partial charge in [0.1, 0.15) is 13.3 Å². The highest BCUT2D eigenvalue weighted by Crippen LogP contribution is 2.27. The second-order valence-corrected chi connectivity index (χ2v) is 4.96. The van der Waals surface area contributed by atoms with Gasteiger partial charge in [0.05, 0.1) is 30.1 Å². The number of anilines is 1. The van der Waals surface area contributed by atoms with Gasteiger partial charge in [0, 0.05) is 11.6 Å². The maximum Gasteiger partial charge on any atom is 0.411 e. The van der Waals surface area contributed by atoms with Crippen LogP contribution in [0, 0.1) is 10.1 Å². The predicted octanol–water partition coefficient (Wildman–Crippen LogP) is 2.59. The molecule has 9 nitrogen and oxygen atoms in total. The minimum atomic E-state index is -4.45. The number of methoxy groups -OCH3 is 1. The van der Waals surface area contributed by atoms with Gasteiger partial charge in [-0.3, -0.25) is 14.9 Å². The number of hydrogen-bond acceptors (Lipinski definition) is 6. The monoisotopic (exact) mass is 374 g/mol. The van der Waals surface area contributed by atoms with Gasteiger partial charge in [-0.1, -0.05) is 0 Å². The molecule has 140 valence electrons. The predicted molar refractivity (Wildman–Crippen MR) is 81.8 cm³/mol. The number of benzene rings is 1. The second kappa shape index (κ2) is 7.82. The molecule has 12 heteroatoms. The largest absolute Gasteiger partial charge is 0.490 e. The molecule has 0 fully saturated rings. The Hall–Kier alpha value is -3.15. The van der Waals surface area contributed by atoms with Gasteiger partial charge < -0.3 is 14.8 Å². The molecule has 1 amide bonds. The van der Waals surface area contributed by atoms with Crippen molar-refractivity contribution < 1.29 is 32.4 Å². The summed E-state index contributed by atoms with van der Waals surface area (Å²) in [5, 5.41) is 17.1. The van der Waals surface area contributed by atoms with Crippen molar-refractivity contribution in [1.29, 1.82) is 0 Å². The number of carbonyl (C=O) groups excluding carboxylic acids is 1. The minimum absolute atomic E-state index is 0.00110. The van der Waals surface area contributed by atoms with Crippen molar-refractivity contribution in [3.05, 3.63) is 46.3 Å². The van der Waals surface area contributed by atoms with Crippen molar-refractivity contribution in [2.75, 3.05) is 19.0 Å². The summed E-state index contributed by atoms with van der Waals surface area (Å²) in [6, 6.07) is 3.66. The van der Waals surface area contributed by atoms with Crippen LogP contribution in [0.15, 0.2) is 30.6 Å². The summed E-state index contributed by atoms with van der Waals surface area (Å²) < 4.78 is 46.3. The molecule has 1 aromatic heterocycles. The van der Waals surface area contributed by atoms with Crippen molar-refractivity contribution in [1.82, 2.24) is 9.78 Å². The van der Waals surface area contributed by atoms with Crippen LogP contribution in [0.1, 0.15) is 10.4 Å². The molecule has 1 N–H and O–H groups in total. The number of aromatic nitrogens is 2. The standard InChI is InChI=1S/C14H13F3N4O5/c1-25-12-3-2-9(4-11(12)21(23)24)13(22)19-10-5-18-20(6-10)8-26-7-14(15,16)17/h2-6H,7-8H2,1H3,(H,19,22). The molecule has 1 heterocycles. The van der Waals surface area contributed by atoms with Crippen molar-refractivity contribution in [3.63, 3.8) is 0 Å². The van der Waals surface area contributed by atoms with Crippen molar-refractivity contribution >= 4 is 17.3 Å². The fraction of sp³-hybridized carbons (Fsp3) is 0.286. The Morgan fingerprint density at radius 1 is 1.42 bits per heavy atom. The summed E-state index contributed by atoms with van der Waals surface area (Å²) in [4.78, 5) is 22.4. The van der Waals surface area contributed by atoms with E-state index in [9.17, 15) is 28.1 Å². The van der Waals surface area contributed by atoms with Crippen LogP contribution in [0.2, 0.25) is 0 Å². The van der Waals surface area contributed by atoms with Gasteiger partial charge in [0.15, 0.2) is 5.75 Å². The summed E-state index contributed by atoms with van der Waals surface area (Å²) in [5.74, 6) is -0.660. The lowest BCUT2D eigenvalue weighted by molar-refractivity contribution is -0.385. The van der Waals surface area contributed by atoms with Crippen LogP contribution >= 0.6 is 0 Å². The molecule has 0 atom stereocenters. The molecule has 0 aliphatic heterocycles. The number of rotatable bonds is 7. The first-order chi connectivity index (χ1) is 12.2. The normalized spacial score (nSPS) is 11.2. The first kappa shape index (κ1) is 19.2. The highest BCUT2D eigenvalue weighted by molar-refractivity contribution is 6.04. The first-order valence-electron chi connectivity index (χ1n) is 7.00. The van der Waals surface area contributed by atoms with Gasteiger partial charge >= 0.3 is 11.9 Å². The van der Waals surface area contributed by atoms with E-state index in [0.717, 1.165) is 10.7 Å². The summed E-state index contributed by atoms with van der Waals surface area (Å²) in [7, 11) is 1.26. The van der Waals surface area contributed by atoms with Gasteiger partial charge in [-0.2, -0.15) is 18.3 Å². The van der Waals surface area contributed by atoms with Gasteiger partial charge in [0.25, 0.3) is 5.91 Å². The van der Waals surface area contributed by atoms with Crippen LogP contribution in [0.25, 0.3) is 0 Å². The second-order valence-electron chi connectivity index (χ2n) is 4.96. The van der Waals surface area contributed by atoms with Crippen LogP contribution < -0.4 is 10.1 Å². The number of amides is 1. The molecule has 0 spiro atoms. The smallest absolute Gasteiger partial charge is 0.411 e. The Morgan fingerprint density at radius 3 is 2.77 bits per heavy atom. The zero-order valence-electron chi connectivity index (χ0n) is 13.3. The molecule has 0 bridgehead atoms. The SMILES string of the molecule is COc1ccc(C(=O)Nc2cnn(COCC(F)(F)F)c2)cc1[N+](=O)[O-]. The van der Waals surface area contributed by atoms with Crippen LogP contribution in [-0.4, -0.2) is 40.5 Å². The maximum atomic E-state index is 12.2. The summed E-state index contributed by atoms with van der Waals surface area (Å²) >= 11 is 0. The zero-order valence-corrected chi connectivity index (χ0v) is 13.3. The Bertz CT molecular complexity index is 806. The number of halogens is 3. The topological polar surface area (TPSA) is 109 Å². The fourth-order valence-electron chi connectivity index (χ4n) is 1.93. The molecule has 0 aliphatic rings. The Balaban J connectivity index is 2.02. The highest BCUT2D eigenvalue weighted by atomic mass is 19.4. The molecule has 0 aliphatic carbocycles. The Kier molecular flexibility index (Phi) is 5.77. The van der Waals surface area contributed by atoms with E-state index in [-0.39, 0.29) is 22.7 Å². The van der Waals surface area contributed by atoms with Gasteiger partial charge in [-0.15, -0.1) is 0 Å². The lowest BCUT2D eigenvalue weighted by atomic mass is 10.1. The molecule has 2 aromatic rings. The lowest BCUT2D eigenvalue weighted by Crippen LogP contribution is -2.18. The molecule has 26 heavy (non-hydrogen) atoms. The third-order valence-corrected chi connectivity index (χ3v) is 3.02. The molecular weight excluding hydrogens is 361 g/mol.